The molecule has 0 atom stereocenters. The van der Waals surface area contributed by atoms with Crippen molar-refractivity contribution in [2.75, 3.05) is 0 Å². The number of aliphatic imine (C=N–C) groups is 1. The summed E-state index contributed by atoms with van der Waals surface area (Å²) in [6, 6.07) is 13.5. The molecule has 24 heavy (non-hydrogen) atoms. The number of non-ortho nitro benzene ring substituents is 1. The highest BCUT2D eigenvalue weighted by Crippen LogP contribution is 2.31. The Kier molecular flexibility index (Phi) is 4.77. The summed E-state index contributed by atoms with van der Waals surface area (Å²) in [5.41, 5.74) is 1.27. The van der Waals surface area contributed by atoms with Gasteiger partial charge in [0, 0.05) is 16.6 Å². The van der Waals surface area contributed by atoms with E-state index < -0.39 is 4.92 Å². The SMILES string of the molecule is O=C1NC(=Nc2ccccc2Br)S/C1=C/c1cccc([N+](=O)[O-])c1. The number of nitro benzene ring substituents is 1. The number of hydrogen-bond acceptors (Lipinski definition) is 5. The summed E-state index contributed by atoms with van der Waals surface area (Å²) in [5, 5.41) is 14.0. The van der Waals surface area contributed by atoms with Crippen molar-refractivity contribution in [2.45, 2.75) is 0 Å². The minimum absolute atomic E-state index is 0.0186. The number of rotatable bonds is 3. The maximum Gasteiger partial charge on any atom is 0.270 e. The number of benzene rings is 2. The number of para-hydroxylation sites is 1. The molecule has 0 aromatic heterocycles. The molecule has 1 saturated heterocycles. The predicted octanol–water partition coefficient (Wildman–Crippen LogP) is 4.25. The fraction of sp³-hybridized carbons (Fsp3) is 0. The van der Waals surface area contributed by atoms with Gasteiger partial charge in [0.1, 0.15) is 0 Å². The second-order valence-corrected chi connectivity index (χ2v) is 6.67. The molecule has 0 bridgehead atoms. The van der Waals surface area contributed by atoms with Crippen LogP contribution >= 0.6 is 27.7 Å². The van der Waals surface area contributed by atoms with E-state index >= 15 is 0 Å². The quantitative estimate of drug-likeness (QED) is 0.471. The number of amides is 1. The Morgan fingerprint density at radius 1 is 1.21 bits per heavy atom. The zero-order valence-electron chi connectivity index (χ0n) is 12.1. The summed E-state index contributed by atoms with van der Waals surface area (Å²) < 4.78 is 0.823. The first-order valence-electron chi connectivity index (χ1n) is 6.81. The van der Waals surface area contributed by atoms with E-state index in [0.29, 0.717) is 21.3 Å². The molecule has 0 unspecified atom stereocenters. The smallest absolute Gasteiger partial charge is 0.270 e. The lowest BCUT2D eigenvalue weighted by atomic mass is 10.2. The summed E-state index contributed by atoms with van der Waals surface area (Å²) in [6.07, 6.45) is 1.61. The average molecular weight is 404 g/mol. The van der Waals surface area contributed by atoms with Gasteiger partial charge in [-0.1, -0.05) is 24.3 Å². The van der Waals surface area contributed by atoms with Crippen LogP contribution in [0.2, 0.25) is 0 Å². The van der Waals surface area contributed by atoms with Gasteiger partial charge in [-0.15, -0.1) is 0 Å². The molecule has 1 aliphatic rings. The van der Waals surface area contributed by atoms with Crippen molar-refractivity contribution in [1.29, 1.82) is 0 Å². The van der Waals surface area contributed by atoms with Crippen LogP contribution in [0, 0.1) is 10.1 Å². The number of nitrogens with one attached hydrogen (secondary N) is 1. The van der Waals surface area contributed by atoms with E-state index in [1.807, 2.05) is 24.3 Å². The van der Waals surface area contributed by atoms with Gasteiger partial charge in [0.05, 0.1) is 15.5 Å². The molecule has 1 amide bonds. The molecule has 6 nitrogen and oxygen atoms in total. The van der Waals surface area contributed by atoms with Crippen molar-refractivity contribution in [3.63, 3.8) is 0 Å². The summed E-state index contributed by atoms with van der Waals surface area (Å²) in [5.74, 6) is -0.280. The van der Waals surface area contributed by atoms with Crippen LogP contribution in [0.1, 0.15) is 5.56 Å². The first kappa shape index (κ1) is 16.4. The molecule has 0 aliphatic carbocycles. The number of thioether (sulfide) groups is 1. The number of amidine groups is 1. The van der Waals surface area contributed by atoms with Crippen LogP contribution in [-0.4, -0.2) is 16.0 Å². The van der Waals surface area contributed by atoms with Crippen LogP contribution in [0.4, 0.5) is 11.4 Å². The van der Waals surface area contributed by atoms with Crippen LogP contribution in [-0.2, 0) is 4.79 Å². The third-order valence-corrected chi connectivity index (χ3v) is 4.68. The number of nitrogens with zero attached hydrogens (tertiary/aromatic N) is 2. The lowest BCUT2D eigenvalue weighted by Gasteiger charge is -1.98. The summed E-state index contributed by atoms with van der Waals surface area (Å²) in [6.45, 7) is 0. The van der Waals surface area contributed by atoms with E-state index in [0.717, 1.165) is 4.47 Å². The molecule has 1 aliphatic heterocycles. The lowest BCUT2D eigenvalue weighted by Crippen LogP contribution is -2.19. The van der Waals surface area contributed by atoms with Crippen molar-refractivity contribution in [1.82, 2.24) is 5.32 Å². The Bertz CT molecular complexity index is 896. The second-order valence-electron chi connectivity index (χ2n) is 4.79. The summed E-state index contributed by atoms with van der Waals surface area (Å²) >= 11 is 4.59. The van der Waals surface area contributed by atoms with E-state index in [9.17, 15) is 14.9 Å². The van der Waals surface area contributed by atoms with E-state index in [1.165, 1.54) is 23.9 Å². The Morgan fingerprint density at radius 2 is 2.00 bits per heavy atom. The Labute approximate surface area is 150 Å². The molecular weight excluding hydrogens is 394 g/mol. The zero-order chi connectivity index (χ0) is 17.1. The minimum Gasteiger partial charge on any atom is -0.300 e. The van der Waals surface area contributed by atoms with Gasteiger partial charge in [-0.25, -0.2) is 4.99 Å². The molecule has 2 aromatic carbocycles. The van der Waals surface area contributed by atoms with Crippen LogP contribution in [0.25, 0.3) is 6.08 Å². The van der Waals surface area contributed by atoms with Crippen molar-refractivity contribution in [3.05, 3.63) is 73.6 Å². The Balaban J connectivity index is 1.86. The molecule has 3 rings (SSSR count). The summed E-state index contributed by atoms with van der Waals surface area (Å²) in [4.78, 5) is 27.2. The maximum absolute atomic E-state index is 12.1. The minimum atomic E-state index is -0.469. The van der Waals surface area contributed by atoms with E-state index in [-0.39, 0.29) is 11.6 Å². The van der Waals surface area contributed by atoms with Crippen molar-refractivity contribution >= 4 is 56.2 Å². The third-order valence-electron chi connectivity index (χ3n) is 3.10. The molecule has 120 valence electrons. The highest BCUT2D eigenvalue weighted by atomic mass is 79.9. The molecule has 1 fully saturated rings. The standard InChI is InChI=1S/C16H10BrN3O3S/c17-12-6-1-2-7-13(12)18-16-19-15(21)14(24-16)9-10-4-3-5-11(8-10)20(22)23/h1-9H,(H,18,19,21)/b14-9+. The lowest BCUT2D eigenvalue weighted by molar-refractivity contribution is -0.384. The van der Waals surface area contributed by atoms with E-state index in [2.05, 4.69) is 26.2 Å². The molecule has 8 heteroatoms. The summed E-state index contributed by atoms with van der Waals surface area (Å²) in [7, 11) is 0. The molecule has 0 saturated carbocycles. The fourth-order valence-electron chi connectivity index (χ4n) is 2.01. The van der Waals surface area contributed by atoms with Crippen molar-refractivity contribution in [2.24, 2.45) is 4.99 Å². The van der Waals surface area contributed by atoms with E-state index in [1.54, 1.807) is 18.2 Å². The molecule has 0 radical (unpaired) electrons. The average Bonchev–Trinajstić information content (AvgIpc) is 2.89. The predicted molar refractivity (Wildman–Crippen MR) is 98.0 cm³/mol. The highest BCUT2D eigenvalue weighted by Gasteiger charge is 2.24. The third kappa shape index (κ3) is 3.72. The van der Waals surface area contributed by atoms with E-state index in [4.69, 9.17) is 0 Å². The van der Waals surface area contributed by atoms with Crippen LogP contribution in [0.15, 0.2) is 62.9 Å². The van der Waals surface area contributed by atoms with Crippen LogP contribution < -0.4 is 5.32 Å². The topological polar surface area (TPSA) is 84.6 Å². The Morgan fingerprint density at radius 3 is 2.75 bits per heavy atom. The van der Waals surface area contributed by atoms with Gasteiger partial charge in [0.15, 0.2) is 5.17 Å². The van der Waals surface area contributed by atoms with Gasteiger partial charge >= 0.3 is 0 Å². The van der Waals surface area contributed by atoms with Crippen LogP contribution in [0.3, 0.4) is 0 Å². The zero-order valence-corrected chi connectivity index (χ0v) is 14.5. The molecule has 1 heterocycles. The van der Waals surface area contributed by atoms with Crippen molar-refractivity contribution < 1.29 is 9.72 Å². The molecular formula is C16H10BrN3O3S. The number of nitro groups is 1. The Hall–Kier alpha value is -2.45. The van der Waals surface area contributed by atoms with Gasteiger partial charge < -0.3 is 5.32 Å². The van der Waals surface area contributed by atoms with Gasteiger partial charge in [-0.3, -0.25) is 14.9 Å². The maximum atomic E-state index is 12.1. The van der Waals surface area contributed by atoms with Gasteiger partial charge in [0.2, 0.25) is 0 Å². The van der Waals surface area contributed by atoms with Gasteiger partial charge in [0.25, 0.3) is 11.6 Å². The first-order chi connectivity index (χ1) is 11.5. The number of carbonyl (C=O) groups is 1. The van der Waals surface area contributed by atoms with Gasteiger partial charge in [-0.05, 0) is 51.5 Å². The molecule has 2 aromatic rings. The van der Waals surface area contributed by atoms with Crippen LogP contribution in [0.5, 0.6) is 0 Å². The fourth-order valence-corrected chi connectivity index (χ4v) is 3.22. The van der Waals surface area contributed by atoms with Crippen molar-refractivity contribution in [3.8, 4) is 0 Å². The monoisotopic (exact) mass is 403 g/mol. The molecule has 0 spiro atoms. The molecule has 1 N–H and O–H groups in total. The largest absolute Gasteiger partial charge is 0.300 e. The first-order valence-corrected chi connectivity index (χ1v) is 8.42. The number of carbonyl (C=O) groups excluding carboxylic acids is 1. The second kappa shape index (κ2) is 6.98. The van der Waals surface area contributed by atoms with Gasteiger partial charge in [-0.2, -0.15) is 0 Å². The highest BCUT2D eigenvalue weighted by molar-refractivity contribution is 9.10. The number of hydrogen-bond donors (Lipinski definition) is 1. The number of halogens is 1. The normalized spacial score (nSPS) is 17.3.